The Kier molecular flexibility index (Phi) is 6.54. The second-order valence-corrected chi connectivity index (χ2v) is 7.12. The number of carbonyl (C=O) groups is 1. The second-order valence-electron chi connectivity index (χ2n) is 6.42. The summed E-state index contributed by atoms with van der Waals surface area (Å²) in [6.45, 7) is 2.08. The Hall–Kier alpha value is -2.29. The minimum absolute atomic E-state index is 0.0452. The molecule has 3 aromatic carbocycles. The van der Waals surface area contributed by atoms with Crippen molar-refractivity contribution in [2.24, 2.45) is 0 Å². The van der Waals surface area contributed by atoms with Crippen molar-refractivity contribution in [3.05, 3.63) is 94.5 Å². The molecule has 3 aromatic rings. The number of alkyl halides is 1. The first kappa shape index (κ1) is 19.5. The van der Waals surface area contributed by atoms with Crippen LogP contribution in [0.3, 0.4) is 0 Å². The number of hydrogen-bond donors (Lipinski definition) is 0. The van der Waals surface area contributed by atoms with Gasteiger partial charge in [0.2, 0.25) is 5.91 Å². The number of fused-ring (bicyclic) bond motifs is 2. The van der Waals surface area contributed by atoms with Gasteiger partial charge >= 0.3 is 0 Å². The predicted octanol–water partition coefficient (Wildman–Crippen LogP) is 6.34. The third kappa shape index (κ3) is 4.71. The molecule has 4 rings (SSSR count). The van der Waals surface area contributed by atoms with Gasteiger partial charge in [0.15, 0.2) is 0 Å². The van der Waals surface area contributed by atoms with Crippen molar-refractivity contribution in [3.63, 3.8) is 0 Å². The predicted molar refractivity (Wildman–Crippen MR) is 114 cm³/mol. The van der Waals surface area contributed by atoms with Gasteiger partial charge in [0.1, 0.15) is 5.88 Å². The lowest BCUT2D eigenvalue weighted by atomic mass is 10.0. The van der Waals surface area contributed by atoms with Crippen LogP contribution in [0.1, 0.15) is 16.7 Å². The van der Waals surface area contributed by atoms with Crippen LogP contribution in [0.25, 0.3) is 0 Å². The summed E-state index contributed by atoms with van der Waals surface area (Å²) < 4.78 is 0. The maximum absolute atomic E-state index is 12.3. The standard InChI is InChI=1S/C16H13Cl2NO.C7H8/c17-10-16(20)19-14-4-2-1-3-11(14)5-6-12-9-13(18)7-8-15(12)19;1-7-5-3-2-4-6-7/h1-4,7-9H,5-6,10H2;2-6H,1H3. The van der Waals surface area contributed by atoms with Gasteiger partial charge in [-0.05, 0) is 55.2 Å². The van der Waals surface area contributed by atoms with E-state index in [4.69, 9.17) is 23.2 Å². The van der Waals surface area contributed by atoms with Crippen molar-refractivity contribution in [2.75, 3.05) is 10.8 Å². The third-order valence-corrected chi connectivity index (χ3v) is 4.95. The van der Waals surface area contributed by atoms with Gasteiger partial charge in [-0.3, -0.25) is 9.69 Å². The fraction of sp³-hybridized carbons (Fsp3) is 0.174. The number of halogens is 2. The second kappa shape index (κ2) is 9.07. The van der Waals surface area contributed by atoms with Crippen molar-refractivity contribution in [1.29, 1.82) is 0 Å². The van der Waals surface area contributed by atoms with Crippen LogP contribution in [0, 0.1) is 6.92 Å². The number of nitrogens with zero attached hydrogens (tertiary/aromatic N) is 1. The first-order valence-electron chi connectivity index (χ1n) is 8.87. The van der Waals surface area contributed by atoms with Crippen molar-refractivity contribution in [3.8, 4) is 0 Å². The number of aryl methyl sites for hydroxylation is 3. The summed E-state index contributed by atoms with van der Waals surface area (Å²) in [4.78, 5) is 14.0. The molecule has 27 heavy (non-hydrogen) atoms. The summed E-state index contributed by atoms with van der Waals surface area (Å²) in [5.74, 6) is -0.166. The highest BCUT2D eigenvalue weighted by Gasteiger charge is 2.25. The number of anilines is 2. The van der Waals surface area contributed by atoms with Gasteiger partial charge in [0.25, 0.3) is 0 Å². The monoisotopic (exact) mass is 397 g/mol. The fourth-order valence-corrected chi connectivity index (χ4v) is 3.49. The number of benzene rings is 3. The number of carbonyl (C=O) groups excluding carboxylic acids is 1. The van der Waals surface area contributed by atoms with Crippen molar-refractivity contribution < 1.29 is 4.79 Å². The molecule has 0 spiro atoms. The number of amides is 1. The molecular formula is C23H21Cl2NO. The molecule has 0 unspecified atom stereocenters. The molecule has 0 saturated heterocycles. The lowest BCUT2D eigenvalue weighted by molar-refractivity contribution is -0.115. The van der Waals surface area contributed by atoms with Gasteiger partial charge in [0, 0.05) is 5.02 Å². The minimum Gasteiger partial charge on any atom is -0.279 e. The number of hydrogen-bond acceptors (Lipinski definition) is 1. The summed E-state index contributed by atoms with van der Waals surface area (Å²) in [6.07, 6.45) is 1.74. The largest absolute Gasteiger partial charge is 0.279 e. The molecule has 1 aliphatic rings. The quantitative estimate of drug-likeness (QED) is 0.438. The Morgan fingerprint density at radius 2 is 1.52 bits per heavy atom. The van der Waals surface area contributed by atoms with Crippen LogP contribution in [-0.4, -0.2) is 11.8 Å². The summed E-state index contributed by atoms with van der Waals surface area (Å²) in [6, 6.07) is 23.8. The molecule has 0 N–H and O–H groups in total. The molecule has 0 saturated carbocycles. The minimum atomic E-state index is -0.121. The normalized spacial score (nSPS) is 12.2. The topological polar surface area (TPSA) is 20.3 Å². The van der Waals surface area contributed by atoms with E-state index in [1.165, 1.54) is 5.56 Å². The Balaban J connectivity index is 0.000000253. The van der Waals surface area contributed by atoms with E-state index in [0.29, 0.717) is 5.02 Å². The molecule has 0 bridgehead atoms. The van der Waals surface area contributed by atoms with Gasteiger partial charge in [-0.25, -0.2) is 0 Å². The van der Waals surface area contributed by atoms with Crippen molar-refractivity contribution in [1.82, 2.24) is 0 Å². The molecule has 0 fully saturated rings. The van der Waals surface area contributed by atoms with E-state index >= 15 is 0 Å². The molecule has 0 radical (unpaired) electrons. The highest BCUT2D eigenvalue weighted by Crippen LogP contribution is 2.37. The van der Waals surface area contributed by atoms with Crippen LogP contribution < -0.4 is 4.90 Å². The lowest BCUT2D eigenvalue weighted by Gasteiger charge is -2.24. The summed E-state index contributed by atoms with van der Waals surface area (Å²) in [5.41, 5.74) is 5.34. The van der Waals surface area contributed by atoms with Gasteiger partial charge in [-0.2, -0.15) is 0 Å². The zero-order valence-electron chi connectivity index (χ0n) is 15.2. The highest BCUT2D eigenvalue weighted by atomic mass is 35.5. The number of para-hydroxylation sites is 1. The Labute approximate surface area is 170 Å². The highest BCUT2D eigenvalue weighted by molar-refractivity contribution is 6.31. The first-order valence-corrected chi connectivity index (χ1v) is 9.78. The molecule has 2 nitrogen and oxygen atoms in total. The van der Waals surface area contributed by atoms with E-state index < -0.39 is 0 Å². The molecule has 1 aliphatic heterocycles. The van der Waals surface area contributed by atoms with E-state index in [-0.39, 0.29) is 11.8 Å². The van der Waals surface area contributed by atoms with Crippen LogP contribution in [0.4, 0.5) is 11.4 Å². The van der Waals surface area contributed by atoms with E-state index in [1.807, 2.05) is 54.6 Å². The molecule has 4 heteroatoms. The van der Waals surface area contributed by atoms with Gasteiger partial charge in [0.05, 0.1) is 11.4 Å². The van der Waals surface area contributed by atoms with Crippen LogP contribution in [0.2, 0.25) is 5.02 Å². The molecule has 1 heterocycles. The zero-order chi connectivity index (χ0) is 19.2. The molecule has 0 aliphatic carbocycles. The van der Waals surface area contributed by atoms with Crippen LogP contribution >= 0.6 is 23.2 Å². The van der Waals surface area contributed by atoms with Crippen molar-refractivity contribution >= 4 is 40.5 Å². The van der Waals surface area contributed by atoms with Crippen LogP contribution in [0.5, 0.6) is 0 Å². The average molecular weight is 398 g/mol. The lowest BCUT2D eigenvalue weighted by Crippen LogP contribution is -2.27. The SMILES string of the molecule is Cc1ccccc1.O=C(CCl)N1c2ccccc2CCc2cc(Cl)ccc21. The molecule has 1 amide bonds. The molecule has 138 valence electrons. The van der Waals surface area contributed by atoms with Gasteiger partial charge < -0.3 is 0 Å². The van der Waals surface area contributed by atoms with Crippen LogP contribution in [-0.2, 0) is 17.6 Å². The zero-order valence-corrected chi connectivity index (χ0v) is 16.7. The number of rotatable bonds is 1. The Morgan fingerprint density at radius 3 is 2.19 bits per heavy atom. The molecule has 0 atom stereocenters. The van der Waals surface area contributed by atoms with Gasteiger partial charge in [-0.15, -0.1) is 11.6 Å². The van der Waals surface area contributed by atoms with Crippen molar-refractivity contribution in [2.45, 2.75) is 19.8 Å². The van der Waals surface area contributed by atoms with E-state index in [0.717, 1.165) is 35.3 Å². The average Bonchev–Trinajstić information content (AvgIpc) is 2.85. The van der Waals surface area contributed by atoms with Gasteiger partial charge in [-0.1, -0.05) is 65.7 Å². The Bertz CT molecular complexity index is 925. The Morgan fingerprint density at radius 1 is 0.889 bits per heavy atom. The molecule has 0 aromatic heterocycles. The fourth-order valence-electron chi connectivity index (χ4n) is 3.17. The van der Waals surface area contributed by atoms with E-state index in [2.05, 4.69) is 25.1 Å². The molecular weight excluding hydrogens is 377 g/mol. The summed E-state index contributed by atoms with van der Waals surface area (Å²) in [5, 5.41) is 0.688. The van der Waals surface area contributed by atoms with E-state index in [9.17, 15) is 4.79 Å². The van der Waals surface area contributed by atoms with E-state index in [1.54, 1.807) is 4.90 Å². The smallest absolute Gasteiger partial charge is 0.246 e. The summed E-state index contributed by atoms with van der Waals surface area (Å²) >= 11 is 11.9. The van der Waals surface area contributed by atoms with Crippen LogP contribution in [0.15, 0.2) is 72.8 Å². The third-order valence-electron chi connectivity index (χ3n) is 4.48. The maximum Gasteiger partial charge on any atom is 0.246 e. The maximum atomic E-state index is 12.3. The first-order chi connectivity index (χ1) is 13.1. The summed E-state index contributed by atoms with van der Waals surface area (Å²) in [7, 11) is 0.